The summed E-state index contributed by atoms with van der Waals surface area (Å²) >= 11 is 0. The Kier molecular flexibility index (Phi) is 2.73. The molecule has 4 nitrogen and oxygen atoms in total. The first-order valence-electron chi connectivity index (χ1n) is 5.43. The van der Waals surface area contributed by atoms with E-state index in [0.717, 1.165) is 18.7 Å². The molecule has 0 bridgehead atoms. The van der Waals surface area contributed by atoms with Crippen LogP contribution in [-0.2, 0) is 6.42 Å². The van der Waals surface area contributed by atoms with Crippen LogP contribution in [0.4, 0.5) is 0 Å². The van der Waals surface area contributed by atoms with E-state index >= 15 is 0 Å². The third-order valence-electron chi connectivity index (χ3n) is 2.58. The molecule has 84 valence electrons. The molecule has 0 aromatic carbocycles. The summed E-state index contributed by atoms with van der Waals surface area (Å²) in [5.74, 6) is 0.940. The molecule has 0 unspecified atom stereocenters. The van der Waals surface area contributed by atoms with Crippen molar-refractivity contribution >= 4 is 11.6 Å². The first-order valence-corrected chi connectivity index (χ1v) is 5.43. The van der Waals surface area contributed by atoms with Crippen LogP contribution in [0.1, 0.15) is 47.1 Å². The van der Waals surface area contributed by atoms with Gasteiger partial charge in [-0.25, -0.2) is 4.98 Å². The van der Waals surface area contributed by atoms with E-state index in [2.05, 4.69) is 23.8 Å². The first kappa shape index (κ1) is 10.8. The molecule has 0 spiro atoms. The van der Waals surface area contributed by atoms with E-state index in [-0.39, 0.29) is 17.3 Å². The third kappa shape index (κ3) is 1.96. The predicted molar refractivity (Wildman–Crippen MR) is 59.5 cm³/mol. The van der Waals surface area contributed by atoms with Gasteiger partial charge >= 0.3 is 0 Å². The normalized spacial score (nSPS) is 14.7. The largest absolute Gasteiger partial charge is 0.339 e. The van der Waals surface area contributed by atoms with Crippen molar-refractivity contribution in [3.8, 4) is 0 Å². The number of H-pyrrole nitrogens is 1. The number of carbonyl (C=O) groups excluding carboxylic acids is 2. The number of aryl methyl sites for hydroxylation is 1. The minimum absolute atomic E-state index is 0.169. The molecule has 0 aliphatic heterocycles. The molecule has 1 heterocycles. The second-order valence-electron chi connectivity index (χ2n) is 4.40. The van der Waals surface area contributed by atoms with Crippen molar-refractivity contribution in [2.75, 3.05) is 0 Å². The highest BCUT2D eigenvalue weighted by atomic mass is 16.1. The number of hydrogen-bond acceptors (Lipinski definition) is 3. The highest BCUT2D eigenvalue weighted by molar-refractivity contribution is 6.20. The summed E-state index contributed by atoms with van der Waals surface area (Å²) in [6.45, 7) is 4.25. The van der Waals surface area contributed by atoms with Gasteiger partial charge in [-0.1, -0.05) is 13.8 Å². The molecule has 0 fully saturated rings. The predicted octanol–water partition coefficient (Wildman–Crippen LogP) is 1.93. The Balaban J connectivity index is 2.24. The molecule has 0 saturated heterocycles. The average Bonchev–Trinajstić information content (AvgIpc) is 2.66. The molecule has 0 radical (unpaired) electrons. The van der Waals surface area contributed by atoms with Crippen LogP contribution in [0, 0.1) is 5.92 Å². The van der Waals surface area contributed by atoms with Crippen molar-refractivity contribution in [2.45, 2.75) is 26.7 Å². The van der Waals surface area contributed by atoms with Gasteiger partial charge in [-0.15, -0.1) is 0 Å². The Hall–Kier alpha value is -1.71. The Morgan fingerprint density at radius 1 is 1.25 bits per heavy atom. The maximum Gasteiger partial charge on any atom is 0.206 e. The lowest BCUT2D eigenvalue weighted by Gasteiger charge is -2.00. The average molecular weight is 218 g/mol. The van der Waals surface area contributed by atoms with Crippen molar-refractivity contribution in [1.29, 1.82) is 0 Å². The fraction of sp³-hybridized carbons (Fsp3) is 0.417. The number of aromatic nitrogens is 2. The van der Waals surface area contributed by atoms with Gasteiger partial charge < -0.3 is 4.98 Å². The molecule has 0 saturated carbocycles. The zero-order valence-corrected chi connectivity index (χ0v) is 9.41. The van der Waals surface area contributed by atoms with E-state index in [9.17, 15) is 9.59 Å². The zero-order valence-electron chi connectivity index (χ0n) is 9.41. The van der Waals surface area contributed by atoms with Crippen molar-refractivity contribution in [3.63, 3.8) is 0 Å². The zero-order chi connectivity index (χ0) is 11.7. The van der Waals surface area contributed by atoms with Crippen LogP contribution in [0.3, 0.4) is 0 Å². The highest BCUT2D eigenvalue weighted by Gasteiger charge is 2.23. The van der Waals surface area contributed by atoms with E-state index in [1.165, 1.54) is 12.2 Å². The number of rotatable bonds is 3. The van der Waals surface area contributed by atoms with Gasteiger partial charge in [0.1, 0.15) is 17.2 Å². The van der Waals surface area contributed by atoms with Crippen LogP contribution in [0.5, 0.6) is 0 Å². The standard InChI is InChI=1S/C12H14N2O2/c1-7(2)3-6-10-13-11-8(15)4-5-9(16)12(11)14-10/h4-5,7H,3,6H2,1-2H3,(H,13,14). The molecule has 1 aliphatic rings. The van der Waals surface area contributed by atoms with Crippen LogP contribution in [-0.4, -0.2) is 21.5 Å². The topological polar surface area (TPSA) is 62.8 Å². The van der Waals surface area contributed by atoms with Gasteiger partial charge in [0.2, 0.25) is 11.6 Å². The van der Waals surface area contributed by atoms with Crippen molar-refractivity contribution in [1.82, 2.24) is 9.97 Å². The summed E-state index contributed by atoms with van der Waals surface area (Å²) in [5.41, 5.74) is 0.609. The lowest BCUT2D eigenvalue weighted by atomic mass is 10.1. The number of ketones is 2. The summed E-state index contributed by atoms with van der Waals surface area (Å²) in [7, 11) is 0. The second-order valence-corrected chi connectivity index (χ2v) is 4.40. The van der Waals surface area contributed by atoms with Crippen molar-refractivity contribution < 1.29 is 9.59 Å². The minimum atomic E-state index is -0.193. The lowest BCUT2D eigenvalue weighted by Crippen LogP contribution is -2.10. The van der Waals surface area contributed by atoms with Crippen LogP contribution >= 0.6 is 0 Å². The molecule has 1 aliphatic carbocycles. The van der Waals surface area contributed by atoms with Gasteiger partial charge in [-0.05, 0) is 24.5 Å². The van der Waals surface area contributed by atoms with Gasteiger partial charge in [-0.3, -0.25) is 9.59 Å². The van der Waals surface area contributed by atoms with E-state index in [1.54, 1.807) is 0 Å². The number of carbonyl (C=O) groups is 2. The monoisotopic (exact) mass is 218 g/mol. The Morgan fingerprint density at radius 3 is 2.56 bits per heavy atom. The molecular weight excluding hydrogens is 204 g/mol. The third-order valence-corrected chi connectivity index (χ3v) is 2.58. The molecule has 0 amide bonds. The van der Waals surface area contributed by atoms with E-state index in [4.69, 9.17) is 0 Å². The smallest absolute Gasteiger partial charge is 0.206 e. The number of hydrogen-bond donors (Lipinski definition) is 1. The molecular formula is C12H14N2O2. The van der Waals surface area contributed by atoms with Crippen molar-refractivity contribution in [2.24, 2.45) is 5.92 Å². The molecule has 1 aromatic heterocycles. The molecule has 2 rings (SSSR count). The number of imidazole rings is 1. The number of nitrogens with zero attached hydrogens (tertiary/aromatic N) is 1. The summed E-state index contributed by atoms with van der Waals surface area (Å²) in [5, 5.41) is 0. The van der Waals surface area contributed by atoms with Crippen LogP contribution in [0.15, 0.2) is 12.2 Å². The Morgan fingerprint density at radius 2 is 1.94 bits per heavy atom. The van der Waals surface area contributed by atoms with Crippen LogP contribution in [0.25, 0.3) is 0 Å². The fourth-order valence-electron chi connectivity index (χ4n) is 1.64. The SMILES string of the molecule is CC(C)CCc1nc2c([nH]1)C(=O)C=CC2=O. The van der Waals surface area contributed by atoms with E-state index in [0.29, 0.717) is 11.6 Å². The number of fused-ring (bicyclic) bond motifs is 1. The maximum absolute atomic E-state index is 11.5. The Labute approximate surface area is 93.8 Å². The number of nitrogens with one attached hydrogen (secondary N) is 1. The van der Waals surface area contributed by atoms with E-state index in [1.807, 2.05) is 0 Å². The second kappa shape index (κ2) is 4.04. The summed E-state index contributed by atoms with van der Waals surface area (Å²) in [6, 6.07) is 0. The molecule has 4 heteroatoms. The van der Waals surface area contributed by atoms with Crippen molar-refractivity contribution in [3.05, 3.63) is 29.4 Å². The molecule has 0 atom stereocenters. The van der Waals surface area contributed by atoms with Gasteiger partial charge in [-0.2, -0.15) is 0 Å². The van der Waals surface area contributed by atoms with Crippen LogP contribution in [0.2, 0.25) is 0 Å². The number of allylic oxidation sites excluding steroid dienone is 2. The first-order chi connectivity index (χ1) is 7.58. The lowest BCUT2D eigenvalue weighted by molar-refractivity contribution is 0.0989. The molecule has 1 N–H and O–H groups in total. The minimum Gasteiger partial charge on any atom is -0.339 e. The Bertz CT molecular complexity index is 434. The summed E-state index contributed by atoms with van der Waals surface area (Å²) in [6.07, 6.45) is 4.32. The number of aromatic amines is 1. The highest BCUT2D eigenvalue weighted by Crippen LogP contribution is 2.16. The quantitative estimate of drug-likeness (QED) is 0.843. The van der Waals surface area contributed by atoms with Gasteiger partial charge in [0.05, 0.1) is 0 Å². The maximum atomic E-state index is 11.5. The molecule has 1 aromatic rings. The van der Waals surface area contributed by atoms with Gasteiger partial charge in [0.15, 0.2) is 0 Å². The van der Waals surface area contributed by atoms with E-state index < -0.39 is 0 Å². The fourth-order valence-corrected chi connectivity index (χ4v) is 1.64. The summed E-state index contributed by atoms with van der Waals surface area (Å²) in [4.78, 5) is 30.0. The van der Waals surface area contributed by atoms with Crippen LogP contribution < -0.4 is 0 Å². The molecule has 16 heavy (non-hydrogen) atoms. The van der Waals surface area contributed by atoms with Gasteiger partial charge in [0.25, 0.3) is 0 Å². The summed E-state index contributed by atoms with van der Waals surface area (Å²) < 4.78 is 0. The van der Waals surface area contributed by atoms with Gasteiger partial charge in [0, 0.05) is 6.42 Å².